The van der Waals surface area contributed by atoms with Crippen LogP contribution in [0.5, 0.6) is 5.75 Å². The number of urea groups is 1. The second-order valence-corrected chi connectivity index (χ2v) is 7.41. The fourth-order valence-electron chi connectivity index (χ4n) is 3.86. The van der Waals surface area contributed by atoms with Crippen molar-refractivity contribution in [3.05, 3.63) is 42.7 Å². The normalized spacial score (nSPS) is 17.6. The molecular weight excluding hydrogens is 382 g/mol. The highest BCUT2D eigenvalue weighted by Crippen LogP contribution is 2.28. The molecule has 4 bridgehead atoms. The van der Waals surface area contributed by atoms with Crippen LogP contribution in [0.1, 0.15) is 0 Å². The number of fused-ring (bicyclic) bond motifs is 4. The maximum atomic E-state index is 13.3. The first-order valence-electron chi connectivity index (χ1n) is 10.3. The van der Waals surface area contributed by atoms with E-state index in [2.05, 4.69) is 15.7 Å². The van der Waals surface area contributed by atoms with E-state index in [0.717, 1.165) is 30.0 Å². The van der Waals surface area contributed by atoms with E-state index in [1.54, 1.807) is 15.6 Å². The number of anilines is 1. The van der Waals surface area contributed by atoms with Crippen LogP contribution >= 0.6 is 0 Å². The van der Waals surface area contributed by atoms with Gasteiger partial charge in [-0.25, -0.2) is 14.3 Å². The Labute approximate surface area is 174 Å². The van der Waals surface area contributed by atoms with Gasteiger partial charge in [-0.1, -0.05) is 12.1 Å². The predicted molar refractivity (Wildman–Crippen MR) is 114 cm³/mol. The SMILES string of the molecule is O=C(N1CCNCC1)N1CCNCCOc2cccc(c2)-c2cnn3ccc1nc23. The van der Waals surface area contributed by atoms with Gasteiger partial charge in [-0.2, -0.15) is 5.10 Å². The molecule has 0 saturated carbocycles. The molecule has 0 spiro atoms. The van der Waals surface area contributed by atoms with Crippen LogP contribution in [0.25, 0.3) is 16.8 Å². The van der Waals surface area contributed by atoms with E-state index >= 15 is 0 Å². The molecule has 0 radical (unpaired) electrons. The molecule has 2 amide bonds. The topological polar surface area (TPSA) is 87.0 Å². The minimum absolute atomic E-state index is 0.0124. The van der Waals surface area contributed by atoms with Crippen LogP contribution in [0.15, 0.2) is 42.7 Å². The first-order chi connectivity index (χ1) is 14.8. The summed E-state index contributed by atoms with van der Waals surface area (Å²) < 4.78 is 7.62. The summed E-state index contributed by atoms with van der Waals surface area (Å²) in [7, 11) is 0. The van der Waals surface area contributed by atoms with Crippen LogP contribution in [0, 0.1) is 0 Å². The van der Waals surface area contributed by atoms with Gasteiger partial charge in [0.05, 0.1) is 6.20 Å². The van der Waals surface area contributed by atoms with Crippen LogP contribution < -0.4 is 20.3 Å². The summed E-state index contributed by atoms with van der Waals surface area (Å²) in [5, 5.41) is 11.1. The minimum atomic E-state index is -0.0124. The van der Waals surface area contributed by atoms with Crippen molar-refractivity contribution in [2.75, 3.05) is 57.3 Å². The van der Waals surface area contributed by atoms with Gasteiger partial charge in [0.1, 0.15) is 18.2 Å². The molecular formula is C21H25N7O2. The molecule has 3 aromatic rings. The van der Waals surface area contributed by atoms with Crippen LogP contribution in [-0.4, -0.2) is 77.9 Å². The number of ether oxygens (including phenoxy) is 1. The molecule has 2 aliphatic rings. The first-order valence-corrected chi connectivity index (χ1v) is 10.3. The third-order valence-electron chi connectivity index (χ3n) is 5.45. The van der Waals surface area contributed by atoms with Crippen molar-refractivity contribution in [1.82, 2.24) is 30.1 Å². The molecule has 156 valence electrons. The fraction of sp³-hybridized carbons (Fsp3) is 0.381. The molecule has 0 atom stereocenters. The highest BCUT2D eigenvalue weighted by atomic mass is 16.5. The number of carbonyl (C=O) groups is 1. The lowest BCUT2D eigenvalue weighted by molar-refractivity contribution is 0.196. The second kappa shape index (κ2) is 8.29. The van der Waals surface area contributed by atoms with Gasteiger partial charge >= 0.3 is 6.03 Å². The number of aromatic nitrogens is 3. The zero-order valence-corrected chi connectivity index (χ0v) is 16.8. The number of hydrogen-bond donors (Lipinski definition) is 2. The van der Waals surface area contributed by atoms with E-state index in [4.69, 9.17) is 9.72 Å². The van der Waals surface area contributed by atoms with Gasteiger partial charge in [0.2, 0.25) is 0 Å². The summed E-state index contributed by atoms with van der Waals surface area (Å²) in [6, 6.07) is 9.79. The molecule has 1 fully saturated rings. The van der Waals surface area contributed by atoms with Crippen molar-refractivity contribution in [3.8, 4) is 16.9 Å². The van der Waals surface area contributed by atoms with Crippen molar-refractivity contribution in [2.45, 2.75) is 0 Å². The van der Waals surface area contributed by atoms with E-state index in [9.17, 15) is 4.79 Å². The Hall–Kier alpha value is -3.17. The van der Waals surface area contributed by atoms with E-state index in [-0.39, 0.29) is 6.03 Å². The minimum Gasteiger partial charge on any atom is -0.492 e. The van der Waals surface area contributed by atoms with Gasteiger partial charge in [0.25, 0.3) is 0 Å². The monoisotopic (exact) mass is 407 g/mol. The summed E-state index contributed by atoms with van der Waals surface area (Å²) in [5.41, 5.74) is 2.61. The Morgan fingerprint density at radius 3 is 2.77 bits per heavy atom. The highest BCUT2D eigenvalue weighted by molar-refractivity contribution is 5.92. The zero-order valence-electron chi connectivity index (χ0n) is 16.8. The molecule has 1 saturated heterocycles. The average molecular weight is 407 g/mol. The molecule has 0 unspecified atom stereocenters. The molecule has 5 rings (SSSR count). The summed E-state index contributed by atoms with van der Waals surface area (Å²) in [6.45, 7) is 5.46. The van der Waals surface area contributed by atoms with Crippen molar-refractivity contribution in [3.63, 3.8) is 0 Å². The Kier molecular flexibility index (Phi) is 5.20. The maximum absolute atomic E-state index is 13.3. The van der Waals surface area contributed by atoms with Gasteiger partial charge in [-0.15, -0.1) is 0 Å². The number of nitrogens with zero attached hydrogens (tertiary/aromatic N) is 5. The number of amides is 2. The smallest absolute Gasteiger partial charge is 0.325 e. The number of nitrogens with one attached hydrogen (secondary N) is 2. The second-order valence-electron chi connectivity index (χ2n) is 7.41. The lowest BCUT2D eigenvalue weighted by Gasteiger charge is -2.33. The van der Waals surface area contributed by atoms with Gasteiger partial charge in [-0.05, 0) is 23.8 Å². The molecule has 1 aromatic carbocycles. The van der Waals surface area contributed by atoms with Crippen molar-refractivity contribution >= 4 is 17.5 Å². The summed E-state index contributed by atoms with van der Waals surface area (Å²) in [5.74, 6) is 1.46. The molecule has 2 aliphatic heterocycles. The predicted octanol–water partition coefficient (Wildman–Crippen LogP) is 1.21. The zero-order chi connectivity index (χ0) is 20.3. The molecule has 2 N–H and O–H groups in total. The molecule has 0 aliphatic carbocycles. The number of carbonyl (C=O) groups excluding carboxylic acids is 1. The standard InChI is InChI=1S/C21H25N7O2/c29-21(26-10-5-22-6-11-26)27-12-7-23-8-13-30-17-3-1-2-16(14-17)18-15-24-28-9-4-19(27)25-20(18)28/h1-4,9,14-15,22-23H,5-8,10-13H2. The Morgan fingerprint density at radius 2 is 1.87 bits per heavy atom. The highest BCUT2D eigenvalue weighted by Gasteiger charge is 2.25. The number of hydrogen-bond acceptors (Lipinski definition) is 6. The number of benzene rings is 1. The molecule has 9 nitrogen and oxygen atoms in total. The largest absolute Gasteiger partial charge is 0.492 e. The van der Waals surface area contributed by atoms with Crippen LogP contribution in [0.2, 0.25) is 0 Å². The molecule has 9 heteroatoms. The maximum Gasteiger partial charge on any atom is 0.325 e. The van der Waals surface area contributed by atoms with Crippen LogP contribution in [0.4, 0.5) is 10.6 Å². The van der Waals surface area contributed by atoms with Gasteiger partial charge in [0, 0.05) is 57.6 Å². The number of rotatable bonds is 0. The Bertz CT molecular complexity index is 1040. The third kappa shape index (κ3) is 3.69. The van der Waals surface area contributed by atoms with Gasteiger partial charge in [0.15, 0.2) is 5.65 Å². The Balaban J connectivity index is 1.57. The van der Waals surface area contributed by atoms with Crippen LogP contribution in [-0.2, 0) is 0 Å². The molecule has 2 aromatic heterocycles. The summed E-state index contributed by atoms with van der Waals surface area (Å²) in [4.78, 5) is 21.8. The molecule has 4 heterocycles. The Morgan fingerprint density at radius 1 is 1.03 bits per heavy atom. The quantitative estimate of drug-likeness (QED) is 0.583. The summed E-state index contributed by atoms with van der Waals surface area (Å²) >= 11 is 0. The van der Waals surface area contributed by atoms with Gasteiger partial charge < -0.3 is 20.3 Å². The third-order valence-corrected chi connectivity index (χ3v) is 5.45. The lowest BCUT2D eigenvalue weighted by Crippen LogP contribution is -2.53. The van der Waals surface area contributed by atoms with E-state index in [1.165, 1.54) is 0 Å². The fourth-order valence-corrected chi connectivity index (χ4v) is 3.86. The van der Waals surface area contributed by atoms with Gasteiger partial charge in [-0.3, -0.25) is 4.90 Å². The van der Waals surface area contributed by atoms with Crippen molar-refractivity contribution < 1.29 is 9.53 Å². The van der Waals surface area contributed by atoms with Crippen molar-refractivity contribution in [2.24, 2.45) is 0 Å². The van der Waals surface area contributed by atoms with Crippen LogP contribution in [0.3, 0.4) is 0 Å². The van der Waals surface area contributed by atoms with E-state index in [0.29, 0.717) is 50.8 Å². The first kappa shape index (κ1) is 18.8. The van der Waals surface area contributed by atoms with Crippen molar-refractivity contribution in [1.29, 1.82) is 0 Å². The molecule has 30 heavy (non-hydrogen) atoms. The van der Waals surface area contributed by atoms with E-state index in [1.807, 2.05) is 41.4 Å². The number of piperazine rings is 1. The summed E-state index contributed by atoms with van der Waals surface area (Å²) in [6.07, 6.45) is 3.67. The van der Waals surface area contributed by atoms with E-state index < -0.39 is 0 Å². The average Bonchev–Trinajstić information content (AvgIpc) is 3.22. The lowest BCUT2D eigenvalue weighted by atomic mass is 10.1.